The highest BCUT2D eigenvalue weighted by Crippen LogP contribution is 2.33. The van der Waals surface area contributed by atoms with Gasteiger partial charge in [0.2, 0.25) is 5.91 Å². The molecule has 3 aromatic carbocycles. The van der Waals surface area contributed by atoms with Gasteiger partial charge in [-0.3, -0.25) is 4.79 Å². The molecule has 4 rings (SSSR count). The van der Waals surface area contributed by atoms with Gasteiger partial charge >= 0.3 is 18.6 Å². The lowest BCUT2D eigenvalue weighted by Crippen LogP contribution is -2.49. The number of carbonyl (C=O) groups excluding carboxylic acids is 2. The number of ether oxygens (including phenoxy) is 3. The van der Waals surface area contributed by atoms with Crippen LogP contribution in [0.3, 0.4) is 0 Å². The zero-order chi connectivity index (χ0) is 34.9. The van der Waals surface area contributed by atoms with Gasteiger partial charge in [-0.1, -0.05) is 30.3 Å². The van der Waals surface area contributed by atoms with Crippen molar-refractivity contribution in [2.45, 2.75) is 49.9 Å². The molecule has 3 N–H and O–H groups in total. The van der Waals surface area contributed by atoms with Crippen LogP contribution in [0.15, 0.2) is 66.7 Å². The molecule has 3 atom stereocenters. The number of rotatable bonds is 12. The monoisotopic (exact) mass is 689 g/mol. The highest BCUT2D eigenvalue weighted by Gasteiger charge is 2.32. The van der Waals surface area contributed by atoms with Crippen molar-refractivity contribution < 1.29 is 58.9 Å². The molecule has 1 unspecified atom stereocenters. The van der Waals surface area contributed by atoms with Crippen molar-refractivity contribution >= 4 is 17.7 Å². The van der Waals surface area contributed by atoms with Gasteiger partial charge in [0.25, 0.3) is 0 Å². The van der Waals surface area contributed by atoms with Crippen molar-refractivity contribution in [2.24, 2.45) is 0 Å². The van der Waals surface area contributed by atoms with Crippen molar-refractivity contribution in [3.63, 3.8) is 0 Å². The van der Waals surface area contributed by atoms with E-state index in [2.05, 4.69) is 15.4 Å². The van der Waals surface area contributed by atoms with Gasteiger partial charge < -0.3 is 30.2 Å². The Morgan fingerprint density at radius 1 is 0.958 bits per heavy atom. The first-order valence-corrected chi connectivity index (χ1v) is 14.7. The van der Waals surface area contributed by atoms with E-state index >= 15 is 0 Å². The van der Waals surface area contributed by atoms with Gasteiger partial charge in [-0.05, 0) is 60.4 Å². The van der Waals surface area contributed by atoms with E-state index in [0.29, 0.717) is 17.5 Å². The molecule has 0 aliphatic carbocycles. The fourth-order valence-corrected chi connectivity index (χ4v) is 5.03. The zero-order valence-corrected chi connectivity index (χ0v) is 25.1. The van der Waals surface area contributed by atoms with Crippen molar-refractivity contribution in [3.8, 4) is 5.75 Å². The van der Waals surface area contributed by atoms with Crippen LogP contribution in [0.25, 0.3) is 0 Å². The van der Waals surface area contributed by atoms with Crippen LogP contribution in [0.2, 0.25) is 0 Å². The van der Waals surface area contributed by atoms with Crippen LogP contribution in [0.1, 0.15) is 35.4 Å². The number of benzene rings is 3. The normalized spacial score (nSPS) is 17.3. The molecule has 3 aromatic rings. The number of anilines is 1. The minimum Gasteiger partial charge on any atom is -0.448 e. The highest BCUT2D eigenvalue weighted by molar-refractivity contribution is 5.92. The molecule has 1 aliphatic rings. The average molecular weight is 690 g/mol. The second-order valence-corrected chi connectivity index (χ2v) is 10.9. The molecule has 260 valence electrons. The Morgan fingerprint density at radius 3 is 2.35 bits per heavy atom. The Balaban J connectivity index is 1.36. The standard InChI is InChI=1S/C32H31F8N3O5/c33-21-9-7-19(8-10-21)26(20-3-1-4-23(13-20)48-32(38,39)40)14-29(44)43-28-6-2-5-27(34)25(28)12-11-24-15-41-22(16-46-24)17-47-30(45)42-18-31(35,36)37/h1-10,13,22,24,26,41H,11-12,14-18H2,(H,42,45)(H,43,44)/t22-,24?,26-/m0/s1. The van der Waals surface area contributed by atoms with Gasteiger partial charge in [0, 0.05) is 30.1 Å². The van der Waals surface area contributed by atoms with Gasteiger partial charge in [0.05, 0.1) is 18.8 Å². The molecule has 1 aliphatic heterocycles. The minimum atomic E-state index is -4.94. The fraction of sp³-hybridized carbons (Fsp3) is 0.375. The van der Waals surface area contributed by atoms with Gasteiger partial charge in [0.1, 0.15) is 30.5 Å². The second-order valence-electron chi connectivity index (χ2n) is 10.9. The number of hydrogen-bond donors (Lipinski definition) is 3. The third-order valence-corrected chi connectivity index (χ3v) is 7.28. The average Bonchev–Trinajstić information content (AvgIpc) is 3.01. The van der Waals surface area contributed by atoms with Crippen LogP contribution in [0.4, 0.5) is 45.6 Å². The summed E-state index contributed by atoms with van der Waals surface area (Å²) in [6, 6.07) is 13.9. The van der Waals surface area contributed by atoms with E-state index in [1.807, 2.05) is 0 Å². The summed E-state index contributed by atoms with van der Waals surface area (Å²) in [5, 5.41) is 7.33. The lowest BCUT2D eigenvalue weighted by Gasteiger charge is -2.30. The highest BCUT2D eigenvalue weighted by atomic mass is 19.4. The van der Waals surface area contributed by atoms with E-state index in [4.69, 9.17) is 9.47 Å². The molecular formula is C32H31F8N3O5. The molecule has 0 saturated carbocycles. The van der Waals surface area contributed by atoms with Gasteiger partial charge in [-0.2, -0.15) is 13.2 Å². The summed E-state index contributed by atoms with van der Waals surface area (Å²) in [5.41, 5.74) is 1.10. The predicted molar refractivity (Wildman–Crippen MR) is 156 cm³/mol. The van der Waals surface area contributed by atoms with Gasteiger partial charge in [-0.25, -0.2) is 13.6 Å². The topological polar surface area (TPSA) is 97.9 Å². The largest absolute Gasteiger partial charge is 0.573 e. The Labute approximate surface area is 269 Å². The third-order valence-electron chi connectivity index (χ3n) is 7.28. The summed E-state index contributed by atoms with van der Waals surface area (Å²) >= 11 is 0. The van der Waals surface area contributed by atoms with Crippen LogP contribution < -0.4 is 20.7 Å². The van der Waals surface area contributed by atoms with Crippen LogP contribution in [0, 0.1) is 11.6 Å². The number of hydrogen-bond acceptors (Lipinski definition) is 6. The first-order chi connectivity index (χ1) is 22.6. The van der Waals surface area contributed by atoms with E-state index in [-0.39, 0.29) is 43.9 Å². The van der Waals surface area contributed by atoms with Crippen molar-refractivity contribution in [1.29, 1.82) is 0 Å². The van der Waals surface area contributed by atoms with Crippen LogP contribution in [-0.2, 0) is 20.7 Å². The van der Waals surface area contributed by atoms with E-state index in [1.54, 1.807) is 5.32 Å². The first-order valence-electron chi connectivity index (χ1n) is 14.7. The van der Waals surface area contributed by atoms with Gasteiger partial charge in [0.15, 0.2) is 0 Å². The van der Waals surface area contributed by atoms with Crippen LogP contribution in [0.5, 0.6) is 5.75 Å². The van der Waals surface area contributed by atoms with Gasteiger partial charge in [-0.15, -0.1) is 13.2 Å². The lowest BCUT2D eigenvalue weighted by molar-refractivity contribution is -0.274. The number of alkyl carbamates (subject to hydrolysis) is 1. The molecular weight excluding hydrogens is 658 g/mol. The number of carbonyl (C=O) groups is 2. The summed E-state index contributed by atoms with van der Waals surface area (Å²) < 4.78 is 118. The van der Waals surface area contributed by atoms with Crippen LogP contribution >= 0.6 is 0 Å². The molecule has 1 fully saturated rings. The van der Waals surface area contributed by atoms with E-state index in [1.165, 1.54) is 42.5 Å². The van der Waals surface area contributed by atoms with E-state index < -0.39 is 66.5 Å². The Hall–Kier alpha value is -4.44. The molecule has 8 nitrogen and oxygen atoms in total. The number of halogens is 8. The van der Waals surface area contributed by atoms with E-state index in [9.17, 15) is 44.7 Å². The molecule has 1 heterocycles. The number of alkyl halides is 6. The number of amides is 2. The summed E-state index contributed by atoms with van der Waals surface area (Å²) in [5.74, 6) is -3.04. The maximum Gasteiger partial charge on any atom is 0.573 e. The predicted octanol–water partition coefficient (Wildman–Crippen LogP) is 6.60. The summed E-state index contributed by atoms with van der Waals surface area (Å²) in [4.78, 5) is 24.8. The maximum absolute atomic E-state index is 15.0. The van der Waals surface area contributed by atoms with E-state index in [0.717, 1.165) is 24.3 Å². The van der Waals surface area contributed by atoms with Crippen molar-refractivity contribution in [2.75, 3.05) is 31.6 Å². The lowest BCUT2D eigenvalue weighted by atomic mass is 9.88. The number of nitrogens with one attached hydrogen (secondary N) is 3. The molecule has 0 bridgehead atoms. The molecule has 2 amide bonds. The molecule has 0 aromatic heterocycles. The third kappa shape index (κ3) is 11.7. The minimum absolute atomic E-state index is 0.0675. The molecule has 0 spiro atoms. The summed E-state index contributed by atoms with van der Waals surface area (Å²) in [6.07, 6.45) is -11.0. The SMILES string of the molecule is O=C(C[C@@H](c1ccc(F)cc1)c1cccc(OC(F)(F)F)c1)Nc1cccc(F)c1CCC1CN[C@H](COC(=O)NCC(F)(F)F)CO1. The molecule has 1 saturated heterocycles. The van der Waals surface area contributed by atoms with Crippen LogP contribution in [-0.4, -0.2) is 63.0 Å². The van der Waals surface area contributed by atoms with Crippen molar-refractivity contribution in [3.05, 3.63) is 95.1 Å². The first kappa shape index (κ1) is 36.4. The Morgan fingerprint density at radius 2 is 1.69 bits per heavy atom. The second kappa shape index (κ2) is 16.1. The Bertz CT molecular complexity index is 1530. The molecule has 0 radical (unpaired) electrons. The fourth-order valence-electron chi connectivity index (χ4n) is 5.03. The molecule has 16 heteroatoms. The zero-order valence-electron chi connectivity index (χ0n) is 25.1. The van der Waals surface area contributed by atoms with Crippen molar-refractivity contribution in [1.82, 2.24) is 10.6 Å². The maximum atomic E-state index is 15.0. The Kier molecular flexibility index (Phi) is 12.2. The smallest absolute Gasteiger partial charge is 0.448 e. The quantitative estimate of drug-likeness (QED) is 0.186. The summed E-state index contributed by atoms with van der Waals surface area (Å²) in [7, 11) is 0. The molecule has 48 heavy (non-hydrogen) atoms. The number of morpholine rings is 1. The summed E-state index contributed by atoms with van der Waals surface area (Å²) in [6.45, 7) is -1.42.